The zero-order valence-electron chi connectivity index (χ0n) is 19.5. The van der Waals surface area contributed by atoms with E-state index in [1.54, 1.807) is 0 Å². The molecular formula is C24H50O4S. The SMILES string of the molecule is CCCCCCCCCCCCCC(O)(CCCCCCCCCC)S(=O)(=O)O. The zero-order chi connectivity index (χ0) is 21.8. The summed E-state index contributed by atoms with van der Waals surface area (Å²) in [6, 6.07) is 0. The van der Waals surface area contributed by atoms with Crippen LogP contribution in [0.4, 0.5) is 0 Å². The van der Waals surface area contributed by atoms with Crippen molar-refractivity contribution in [2.75, 3.05) is 0 Å². The second-order valence-corrected chi connectivity index (χ2v) is 10.6. The second kappa shape index (κ2) is 18.6. The van der Waals surface area contributed by atoms with Gasteiger partial charge < -0.3 is 5.11 Å². The molecule has 0 saturated heterocycles. The molecule has 1 atom stereocenters. The molecule has 29 heavy (non-hydrogen) atoms. The van der Waals surface area contributed by atoms with Crippen LogP contribution in [-0.2, 0) is 10.1 Å². The van der Waals surface area contributed by atoms with E-state index in [2.05, 4.69) is 13.8 Å². The summed E-state index contributed by atoms with van der Waals surface area (Å²) in [5.74, 6) is 0. The molecule has 0 fully saturated rings. The van der Waals surface area contributed by atoms with E-state index in [9.17, 15) is 18.1 Å². The van der Waals surface area contributed by atoms with Crippen molar-refractivity contribution in [2.24, 2.45) is 0 Å². The van der Waals surface area contributed by atoms with Gasteiger partial charge in [-0.25, -0.2) is 0 Å². The molecule has 1 unspecified atom stereocenters. The van der Waals surface area contributed by atoms with E-state index in [0.29, 0.717) is 12.8 Å². The fourth-order valence-electron chi connectivity index (χ4n) is 3.98. The summed E-state index contributed by atoms with van der Waals surface area (Å²) in [5.41, 5.74) is 0. The minimum Gasteiger partial charge on any atom is -0.372 e. The Kier molecular flexibility index (Phi) is 18.5. The van der Waals surface area contributed by atoms with Gasteiger partial charge in [-0.05, 0) is 25.7 Å². The van der Waals surface area contributed by atoms with Gasteiger partial charge in [0.25, 0.3) is 10.1 Å². The second-order valence-electron chi connectivity index (χ2n) is 8.93. The van der Waals surface area contributed by atoms with Gasteiger partial charge in [0.15, 0.2) is 4.93 Å². The molecular weight excluding hydrogens is 384 g/mol. The van der Waals surface area contributed by atoms with Crippen LogP contribution in [-0.4, -0.2) is 23.0 Å². The van der Waals surface area contributed by atoms with Crippen molar-refractivity contribution in [1.82, 2.24) is 0 Å². The van der Waals surface area contributed by atoms with Crippen LogP contribution in [0.3, 0.4) is 0 Å². The lowest BCUT2D eigenvalue weighted by Gasteiger charge is -2.24. The first kappa shape index (κ1) is 28.9. The normalized spacial score (nSPS) is 14.2. The van der Waals surface area contributed by atoms with E-state index in [1.807, 2.05) is 0 Å². The lowest BCUT2D eigenvalue weighted by Crippen LogP contribution is -2.38. The molecule has 0 rings (SSSR count). The van der Waals surface area contributed by atoms with Crippen LogP contribution in [0, 0.1) is 0 Å². The average Bonchev–Trinajstić information content (AvgIpc) is 2.67. The number of rotatable bonds is 22. The fourth-order valence-corrected chi connectivity index (χ4v) is 4.79. The molecule has 2 N–H and O–H groups in total. The highest BCUT2D eigenvalue weighted by atomic mass is 32.2. The van der Waals surface area contributed by atoms with Gasteiger partial charge in [0.2, 0.25) is 0 Å². The van der Waals surface area contributed by atoms with Crippen molar-refractivity contribution >= 4 is 10.1 Å². The van der Waals surface area contributed by atoms with E-state index in [4.69, 9.17) is 0 Å². The highest BCUT2D eigenvalue weighted by Crippen LogP contribution is 2.28. The molecule has 176 valence electrons. The Bertz CT molecular complexity index is 450. The molecule has 0 aliphatic rings. The minimum atomic E-state index is -4.43. The lowest BCUT2D eigenvalue weighted by molar-refractivity contribution is 0.0884. The largest absolute Gasteiger partial charge is 0.372 e. The summed E-state index contributed by atoms with van der Waals surface area (Å²) in [5, 5.41) is 10.5. The van der Waals surface area contributed by atoms with E-state index < -0.39 is 15.1 Å². The predicted molar refractivity (Wildman–Crippen MR) is 125 cm³/mol. The molecule has 0 heterocycles. The Morgan fingerprint density at radius 1 is 0.517 bits per heavy atom. The Hall–Kier alpha value is -0.130. The quantitative estimate of drug-likeness (QED) is 0.135. The Balaban J connectivity index is 3.85. The summed E-state index contributed by atoms with van der Waals surface area (Å²) in [7, 11) is -4.43. The minimum absolute atomic E-state index is 0.151. The Morgan fingerprint density at radius 2 is 0.759 bits per heavy atom. The van der Waals surface area contributed by atoms with Crippen molar-refractivity contribution in [3.05, 3.63) is 0 Å². The van der Waals surface area contributed by atoms with Crippen molar-refractivity contribution in [2.45, 2.75) is 154 Å². The summed E-state index contributed by atoms with van der Waals surface area (Å²) < 4.78 is 32.9. The van der Waals surface area contributed by atoms with Crippen molar-refractivity contribution in [3.8, 4) is 0 Å². The first-order valence-corrected chi connectivity index (χ1v) is 14.0. The molecule has 0 aromatic carbocycles. The third kappa shape index (κ3) is 16.3. The molecule has 0 aliphatic heterocycles. The van der Waals surface area contributed by atoms with Crippen LogP contribution in [0.1, 0.15) is 149 Å². The van der Waals surface area contributed by atoms with E-state index in [-0.39, 0.29) is 12.8 Å². The van der Waals surface area contributed by atoms with Crippen LogP contribution >= 0.6 is 0 Å². The van der Waals surface area contributed by atoms with Crippen LogP contribution in [0.2, 0.25) is 0 Å². The van der Waals surface area contributed by atoms with Gasteiger partial charge in [0.05, 0.1) is 0 Å². The Morgan fingerprint density at radius 3 is 1.00 bits per heavy atom. The van der Waals surface area contributed by atoms with Gasteiger partial charge in [-0.15, -0.1) is 0 Å². The molecule has 0 aliphatic carbocycles. The lowest BCUT2D eigenvalue weighted by atomic mass is 10.0. The Labute approximate surface area is 182 Å². The van der Waals surface area contributed by atoms with E-state index in [0.717, 1.165) is 25.7 Å². The smallest absolute Gasteiger partial charge is 0.294 e. The number of unbranched alkanes of at least 4 members (excludes halogenated alkanes) is 17. The predicted octanol–water partition coefficient (Wildman–Crippen LogP) is 7.79. The van der Waals surface area contributed by atoms with Gasteiger partial charge in [0, 0.05) is 0 Å². The third-order valence-electron chi connectivity index (χ3n) is 6.07. The van der Waals surface area contributed by atoms with Crippen molar-refractivity contribution in [3.63, 3.8) is 0 Å². The van der Waals surface area contributed by atoms with Crippen LogP contribution in [0.5, 0.6) is 0 Å². The molecule has 0 aromatic heterocycles. The molecule has 0 amide bonds. The summed E-state index contributed by atoms with van der Waals surface area (Å²) in [6.07, 6.45) is 22.1. The van der Waals surface area contributed by atoms with Crippen LogP contribution < -0.4 is 0 Å². The molecule has 0 aromatic rings. The topological polar surface area (TPSA) is 74.6 Å². The first-order chi connectivity index (χ1) is 13.9. The number of hydrogen-bond acceptors (Lipinski definition) is 3. The van der Waals surface area contributed by atoms with Crippen molar-refractivity contribution in [1.29, 1.82) is 0 Å². The number of hydrogen-bond donors (Lipinski definition) is 2. The molecule has 0 bridgehead atoms. The van der Waals surface area contributed by atoms with Gasteiger partial charge in [0.1, 0.15) is 0 Å². The molecule has 0 saturated carbocycles. The van der Waals surface area contributed by atoms with Gasteiger partial charge in [-0.2, -0.15) is 8.42 Å². The molecule has 0 spiro atoms. The maximum Gasteiger partial charge on any atom is 0.294 e. The van der Waals surface area contributed by atoms with Gasteiger partial charge in [-0.1, -0.05) is 123 Å². The van der Waals surface area contributed by atoms with Gasteiger partial charge in [-0.3, -0.25) is 4.55 Å². The molecule has 5 heteroatoms. The van der Waals surface area contributed by atoms with E-state index >= 15 is 0 Å². The zero-order valence-corrected chi connectivity index (χ0v) is 20.3. The maximum absolute atomic E-state index is 11.7. The summed E-state index contributed by atoms with van der Waals surface area (Å²) in [6.45, 7) is 4.43. The summed E-state index contributed by atoms with van der Waals surface area (Å²) in [4.78, 5) is -1.95. The fraction of sp³-hybridized carbons (Fsp3) is 1.00. The monoisotopic (exact) mass is 434 g/mol. The standard InChI is InChI=1S/C24H50O4S/c1-3-5-7-9-11-13-14-15-17-19-21-23-24(25,29(26,27)28)22-20-18-16-12-10-8-6-4-2/h25H,3-23H2,1-2H3,(H,26,27,28). The average molecular weight is 435 g/mol. The first-order valence-electron chi connectivity index (χ1n) is 12.6. The van der Waals surface area contributed by atoms with Crippen LogP contribution in [0.25, 0.3) is 0 Å². The highest BCUT2D eigenvalue weighted by molar-refractivity contribution is 7.87. The van der Waals surface area contributed by atoms with Crippen molar-refractivity contribution < 1.29 is 18.1 Å². The maximum atomic E-state index is 11.7. The van der Waals surface area contributed by atoms with Gasteiger partial charge >= 0.3 is 0 Å². The van der Waals surface area contributed by atoms with Crippen LogP contribution in [0.15, 0.2) is 0 Å². The third-order valence-corrected chi connectivity index (χ3v) is 7.44. The summed E-state index contributed by atoms with van der Waals surface area (Å²) >= 11 is 0. The molecule has 4 nitrogen and oxygen atoms in total. The highest BCUT2D eigenvalue weighted by Gasteiger charge is 2.39. The van der Waals surface area contributed by atoms with E-state index in [1.165, 1.54) is 83.5 Å². The molecule has 0 radical (unpaired) electrons. The number of aliphatic hydroxyl groups is 1.